The zero-order valence-electron chi connectivity index (χ0n) is 17.1. The maximum absolute atomic E-state index is 12.7. The molecule has 0 amide bonds. The van der Waals surface area contributed by atoms with Gasteiger partial charge in [0, 0.05) is 24.7 Å². The Balaban J connectivity index is 1.78. The van der Waals surface area contributed by atoms with Crippen LogP contribution in [0.4, 0.5) is 5.69 Å². The minimum Gasteiger partial charge on any atom is -0.419 e. The lowest BCUT2D eigenvalue weighted by atomic mass is 9.87. The summed E-state index contributed by atoms with van der Waals surface area (Å²) in [6, 6.07) is 12.6. The number of nitro groups is 1. The first kappa shape index (κ1) is 21.6. The van der Waals surface area contributed by atoms with Crippen LogP contribution in [0.5, 0.6) is 0 Å². The van der Waals surface area contributed by atoms with Crippen molar-refractivity contribution in [2.24, 2.45) is 0 Å². The fraction of sp³-hybridized carbons (Fsp3) is 0.300. The van der Waals surface area contributed by atoms with Gasteiger partial charge in [-0.25, -0.2) is 8.42 Å². The van der Waals surface area contributed by atoms with Gasteiger partial charge in [-0.05, 0) is 29.2 Å². The minimum absolute atomic E-state index is 0.0160. The summed E-state index contributed by atoms with van der Waals surface area (Å²) in [6.45, 7) is 6.18. The molecule has 0 saturated heterocycles. The Kier molecular flexibility index (Phi) is 5.73. The molecule has 3 aromatic rings. The molecular weight excluding hydrogens is 408 g/mol. The molecule has 158 valence electrons. The SMILES string of the molecule is CN(Cc1nnc(-c2ccc(C(C)(C)C)cc2)o1)S(=O)(=O)c1cccc([N+](=O)[O-])c1. The lowest BCUT2D eigenvalue weighted by Gasteiger charge is -2.18. The summed E-state index contributed by atoms with van der Waals surface area (Å²) in [4.78, 5) is 10.1. The summed E-state index contributed by atoms with van der Waals surface area (Å²) < 4.78 is 32.1. The molecule has 1 aromatic heterocycles. The van der Waals surface area contributed by atoms with Crippen LogP contribution >= 0.6 is 0 Å². The highest BCUT2D eigenvalue weighted by atomic mass is 32.2. The van der Waals surface area contributed by atoms with E-state index in [9.17, 15) is 18.5 Å². The second kappa shape index (κ2) is 7.96. The van der Waals surface area contributed by atoms with Crippen molar-refractivity contribution in [3.05, 3.63) is 70.1 Å². The van der Waals surface area contributed by atoms with E-state index in [0.717, 1.165) is 21.5 Å². The lowest BCUT2D eigenvalue weighted by molar-refractivity contribution is -0.385. The fourth-order valence-electron chi connectivity index (χ4n) is 2.76. The Morgan fingerprint density at radius 2 is 1.77 bits per heavy atom. The van der Waals surface area contributed by atoms with Crippen LogP contribution in [0.3, 0.4) is 0 Å². The summed E-state index contributed by atoms with van der Waals surface area (Å²) in [5.74, 6) is 0.396. The van der Waals surface area contributed by atoms with Gasteiger partial charge in [0.2, 0.25) is 21.8 Å². The Morgan fingerprint density at radius 3 is 2.37 bits per heavy atom. The average Bonchev–Trinajstić information content (AvgIpc) is 3.16. The molecule has 0 aliphatic rings. The number of hydrogen-bond acceptors (Lipinski definition) is 7. The Morgan fingerprint density at radius 1 is 1.10 bits per heavy atom. The van der Waals surface area contributed by atoms with Crippen LogP contribution in [0.25, 0.3) is 11.5 Å². The predicted molar refractivity (Wildman–Crippen MR) is 110 cm³/mol. The smallest absolute Gasteiger partial charge is 0.270 e. The van der Waals surface area contributed by atoms with Crippen LogP contribution in [0.2, 0.25) is 0 Å². The molecule has 0 aliphatic heterocycles. The summed E-state index contributed by atoms with van der Waals surface area (Å²) in [5.41, 5.74) is 1.60. The van der Waals surface area contributed by atoms with E-state index >= 15 is 0 Å². The second-order valence-electron chi connectivity index (χ2n) is 7.84. The molecule has 3 rings (SSSR count). The Hall–Kier alpha value is -3.11. The average molecular weight is 430 g/mol. The number of rotatable bonds is 6. The molecule has 9 nitrogen and oxygen atoms in total. The number of non-ortho nitro benzene ring substituents is 1. The number of sulfonamides is 1. The Bertz CT molecular complexity index is 1160. The molecule has 0 bridgehead atoms. The van der Waals surface area contributed by atoms with Gasteiger partial charge in [-0.1, -0.05) is 39.0 Å². The van der Waals surface area contributed by atoms with Crippen LogP contribution in [-0.4, -0.2) is 34.9 Å². The van der Waals surface area contributed by atoms with E-state index in [-0.39, 0.29) is 34.3 Å². The van der Waals surface area contributed by atoms with Gasteiger partial charge in [-0.3, -0.25) is 10.1 Å². The van der Waals surface area contributed by atoms with Gasteiger partial charge in [0.1, 0.15) is 0 Å². The monoisotopic (exact) mass is 430 g/mol. The van der Waals surface area contributed by atoms with Crippen molar-refractivity contribution in [1.82, 2.24) is 14.5 Å². The molecule has 0 unspecified atom stereocenters. The molecule has 0 atom stereocenters. The number of hydrogen-bond donors (Lipinski definition) is 0. The van der Waals surface area contributed by atoms with Gasteiger partial charge in [-0.2, -0.15) is 4.31 Å². The molecule has 0 radical (unpaired) electrons. The molecule has 0 fully saturated rings. The van der Waals surface area contributed by atoms with Gasteiger partial charge in [-0.15, -0.1) is 10.2 Å². The number of nitrogens with zero attached hydrogens (tertiary/aromatic N) is 4. The van der Waals surface area contributed by atoms with Gasteiger partial charge >= 0.3 is 0 Å². The highest BCUT2D eigenvalue weighted by molar-refractivity contribution is 7.89. The lowest BCUT2D eigenvalue weighted by Crippen LogP contribution is -2.26. The van der Waals surface area contributed by atoms with E-state index in [1.165, 1.54) is 25.2 Å². The normalized spacial score (nSPS) is 12.3. The minimum atomic E-state index is -3.97. The van der Waals surface area contributed by atoms with Crippen molar-refractivity contribution >= 4 is 15.7 Å². The van der Waals surface area contributed by atoms with Gasteiger partial charge < -0.3 is 4.42 Å². The maximum atomic E-state index is 12.7. The number of benzene rings is 2. The number of aromatic nitrogens is 2. The van der Waals surface area contributed by atoms with Crippen LogP contribution in [0, 0.1) is 10.1 Å². The molecular formula is C20H22N4O5S. The first-order valence-electron chi connectivity index (χ1n) is 9.12. The first-order valence-corrected chi connectivity index (χ1v) is 10.6. The van der Waals surface area contributed by atoms with E-state index in [4.69, 9.17) is 4.42 Å². The zero-order valence-corrected chi connectivity index (χ0v) is 17.9. The molecule has 10 heteroatoms. The van der Waals surface area contributed by atoms with Crippen LogP contribution < -0.4 is 0 Å². The van der Waals surface area contributed by atoms with Crippen LogP contribution in [0.1, 0.15) is 32.2 Å². The van der Waals surface area contributed by atoms with E-state index in [1.54, 1.807) is 0 Å². The third-order valence-electron chi connectivity index (χ3n) is 4.56. The van der Waals surface area contributed by atoms with E-state index in [1.807, 2.05) is 24.3 Å². The van der Waals surface area contributed by atoms with Crippen molar-refractivity contribution in [2.75, 3.05) is 7.05 Å². The predicted octanol–water partition coefficient (Wildman–Crippen LogP) is 3.76. The summed E-state index contributed by atoms with van der Waals surface area (Å²) in [5, 5.41) is 18.8. The molecule has 0 saturated carbocycles. The topological polar surface area (TPSA) is 119 Å². The second-order valence-corrected chi connectivity index (χ2v) is 9.89. The maximum Gasteiger partial charge on any atom is 0.270 e. The molecule has 0 aliphatic carbocycles. The third-order valence-corrected chi connectivity index (χ3v) is 6.36. The highest BCUT2D eigenvalue weighted by Crippen LogP contribution is 2.26. The van der Waals surface area contributed by atoms with E-state index in [2.05, 4.69) is 31.0 Å². The molecule has 0 spiro atoms. The van der Waals surface area contributed by atoms with Gasteiger partial charge in [0.25, 0.3) is 5.69 Å². The standard InChI is InChI=1S/C20H22N4O5S/c1-20(2,3)15-10-8-14(9-11-15)19-22-21-18(29-19)13-23(4)30(27,28)17-7-5-6-16(12-17)24(25)26/h5-12H,13H2,1-4H3. The zero-order chi connectivity index (χ0) is 22.1. The number of nitro benzene ring substituents is 1. The van der Waals surface area contributed by atoms with Crippen molar-refractivity contribution in [3.63, 3.8) is 0 Å². The molecule has 30 heavy (non-hydrogen) atoms. The van der Waals surface area contributed by atoms with Gasteiger partial charge in [0.05, 0.1) is 16.4 Å². The first-order chi connectivity index (χ1) is 14.0. The largest absolute Gasteiger partial charge is 0.419 e. The summed E-state index contributed by atoms with van der Waals surface area (Å²) >= 11 is 0. The van der Waals surface area contributed by atoms with Crippen molar-refractivity contribution in [3.8, 4) is 11.5 Å². The Labute approximate surface area is 174 Å². The summed E-state index contributed by atoms with van der Waals surface area (Å²) in [6.07, 6.45) is 0. The third kappa shape index (κ3) is 4.55. The van der Waals surface area contributed by atoms with Crippen LogP contribution in [0.15, 0.2) is 57.8 Å². The fourth-order valence-corrected chi connectivity index (χ4v) is 3.92. The molecule has 1 heterocycles. The molecule has 0 N–H and O–H groups in total. The molecule has 2 aromatic carbocycles. The quantitative estimate of drug-likeness (QED) is 0.431. The van der Waals surface area contributed by atoms with Crippen molar-refractivity contribution < 1.29 is 17.8 Å². The highest BCUT2D eigenvalue weighted by Gasteiger charge is 2.25. The van der Waals surface area contributed by atoms with Gasteiger partial charge in [0.15, 0.2) is 0 Å². The van der Waals surface area contributed by atoms with Crippen molar-refractivity contribution in [1.29, 1.82) is 0 Å². The van der Waals surface area contributed by atoms with Crippen LogP contribution in [-0.2, 0) is 22.0 Å². The van der Waals surface area contributed by atoms with E-state index in [0.29, 0.717) is 0 Å². The van der Waals surface area contributed by atoms with E-state index < -0.39 is 14.9 Å². The van der Waals surface area contributed by atoms with Crippen molar-refractivity contribution in [2.45, 2.75) is 37.6 Å². The summed E-state index contributed by atoms with van der Waals surface area (Å²) in [7, 11) is -2.63.